The molecule has 2 rings (SSSR count). The van der Waals surface area contributed by atoms with E-state index in [2.05, 4.69) is 5.32 Å². The normalized spacial score (nSPS) is 33.4. The Hall–Kier alpha value is -0.610. The van der Waals surface area contributed by atoms with Crippen LogP contribution in [0.5, 0.6) is 0 Å². The topological polar surface area (TPSA) is 41.6 Å². The van der Waals surface area contributed by atoms with Crippen molar-refractivity contribution < 1.29 is 9.63 Å². The van der Waals surface area contributed by atoms with Crippen molar-refractivity contribution in [2.24, 2.45) is 5.41 Å². The maximum absolute atomic E-state index is 12.1. The molecule has 0 aliphatic carbocycles. The van der Waals surface area contributed by atoms with Crippen molar-refractivity contribution in [1.82, 2.24) is 10.4 Å². The number of nitrogens with one attached hydrogen (secondary N) is 1. The second-order valence-corrected chi connectivity index (χ2v) is 4.44. The Labute approximate surface area is 84.6 Å². The van der Waals surface area contributed by atoms with E-state index in [0.717, 1.165) is 38.9 Å². The fourth-order valence-electron chi connectivity index (χ4n) is 2.06. The van der Waals surface area contributed by atoms with E-state index in [-0.39, 0.29) is 11.3 Å². The van der Waals surface area contributed by atoms with Crippen LogP contribution >= 0.6 is 0 Å². The lowest BCUT2D eigenvalue weighted by Gasteiger charge is -2.32. The standard InChI is InChI=1S/C10H18N2O2/c1-10(4-5-11-8-10)9(13)12-6-2-3-7-14-12/h11H,2-8H2,1H3. The number of nitrogens with zero attached hydrogens (tertiary/aromatic N) is 1. The van der Waals surface area contributed by atoms with Crippen LogP contribution < -0.4 is 5.32 Å². The Morgan fingerprint density at radius 2 is 2.36 bits per heavy atom. The van der Waals surface area contributed by atoms with E-state index in [9.17, 15) is 4.79 Å². The Kier molecular flexibility index (Phi) is 2.74. The van der Waals surface area contributed by atoms with Crippen LogP contribution in [0.25, 0.3) is 0 Å². The molecule has 2 aliphatic rings. The third-order valence-electron chi connectivity index (χ3n) is 3.11. The van der Waals surface area contributed by atoms with Gasteiger partial charge >= 0.3 is 0 Å². The second-order valence-electron chi connectivity index (χ2n) is 4.44. The van der Waals surface area contributed by atoms with Crippen molar-refractivity contribution in [3.8, 4) is 0 Å². The van der Waals surface area contributed by atoms with Gasteiger partial charge in [0.2, 0.25) is 0 Å². The molecule has 0 aromatic carbocycles. The maximum Gasteiger partial charge on any atom is 0.253 e. The van der Waals surface area contributed by atoms with Crippen molar-refractivity contribution in [1.29, 1.82) is 0 Å². The number of rotatable bonds is 1. The number of carbonyl (C=O) groups excluding carboxylic acids is 1. The molecule has 0 bridgehead atoms. The fraction of sp³-hybridized carbons (Fsp3) is 0.900. The molecule has 2 saturated heterocycles. The SMILES string of the molecule is CC1(C(=O)N2CCCCO2)CCNC1. The van der Waals surface area contributed by atoms with Crippen LogP contribution in [0, 0.1) is 5.41 Å². The summed E-state index contributed by atoms with van der Waals surface area (Å²) in [5.41, 5.74) is -0.239. The molecule has 14 heavy (non-hydrogen) atoms. The van der Waals surface area contributed by atoms with Crippen molar-refractivity contribution in [2.75, 3.05) is 26.2 Å². The molecule has 2 fully saturated rings. The second kappa shape index (κ2) is 3.87. The largest absolute Gasteiger partial charge is 0.316 e. The zero-order chi connectivity index (χ0) is 10.0. The number of hydrogen-bond acceptors (Lipinski definition) is 3. The molecule has 80 valence electrons. The molecule has 1 unspecified atom stereocenters. The van der Waals surface area contributed by atoms with Crippen LogP contribution in [-0.2, 0) is 9.63 Å². The van der Waals surface area contributed by atoms with Gasteiger partial charge in [0.1, 0.15) is 0 Å². The van der Waals surface area contributed by atoms with Gasteiger partial charge in [0.15, 0.2) is 0 Å². The summed E-state index contributed by atoms with van der Waals surface area (Å²) in [6, 6.07) is 0. The monoisotopic (exact) mass is 198 g/mol. The number of hydroxylamine groups is 2. The molecular formula is C10H18N2O2. The summed E-state index contributed by atoms with van der Waals surface area (Å²) in [7, 11) is 0. The van der Waals surface area contributed by atoms with E-state index in [1.165, 1.54) is 0 Å². The Morgan fingerprint density at radius 1 is 1.50 bits per heavy atom. The molecule has 2 aliphatic heterocycles. The van der Waals surface area contributed by atoms with E-state index in [4.69, 9.17) is 4.84 Å². The van der Waals surface area contributed by atoms with E-state index < -0.39 is 0 Å². The lowest BCUT2D eigenvalue weighted by Crippen LogP contribution is -2.45. The molecule has 0 radical (unpaired) electrons. The fourth-order valence-corrected chi connectivity index (χ4v) is 2.06. The van der Waals surface area contributed by atoms with Gasteiger partial charge in [-0.05, 0) is 32.7 Å². The highest BCUT2D eigenvalue weighted by Gasteiger charge is 2.40. The molecule has 2 heterocycles. The molecule has 0 spiro atoms. The Morgan fingerprint density at radius 3 is 2.93 bits per heavy atom. The number of amides is 1. The van der Waals surface area contributed by atoms with Crippen molar-refractivity contribution >= 4 is 5.91 Å². The van der Waals surface area contributed by atoms with E-state index in [1.807, 2.05) is 6.92 Å². The summed E-state index contributed by atoms with van der Waals surface area (Å²) < 4.78 is 0. The maximum atomic E-state index is 12.1. The average molecular weight is 198 g/mol. The first-order valence-electron chi connectivity index (χ1n) is 5.38. The van der Waals surface area contributed by atoms with Gasteiger partial charge in [0.05, 0.1) is 12.0 Å². The minimum atomic E-state index is -0.239. The molecule has 4 heteroatoms. The smallest absolute Gasteiger partial charge is 0.253 e. The van der Waals surface area contributed by atoms with Gasteiger partial charge in [0, 0.05) is 13.1 Å². The first-order valence-corrected chi connectivity index (χ1v) is 5.38. The van der Waals surface area contributed by atoms with Crippen LogP contribution in [0.3, 0.4) is 0 Å². The summed E-state index contributed by atoms with van der Waals surface area (Å²) in [5.74, 6) is 0.155. The predicted octanol–water partition coefficient (Wildman–Crippen LogP) is 0.540. The Balaban J connectivity index is 1.98. The summed E-state index contributed by atoms with van der Waals surface area (Å²) in [4.78, 5) is 17.5. The van der Waals surface area contributed by atoms with Crippen LogP contribution in [0.4, 0.5) is 0 Å². The molecule has 1 atom stereocenters. The van der Waals surface area contributed by atoms with Crippen molar-refractivity contribution in [2.45, 2.75) is 26.2 Å². The van der Waals surface area contributed by atoms with Gasteiger partial charge < -0.3 is 5.32 Å². The quantitative estimate of drug-likeness (QED) is 0.668. The minimum absolute atomic E-state index is 0.155. The van der Waals surface area contributed by atoms with Crippen LogP contribution in [0.1, 0.15) is 26.2 Å². The molecule has 0 aromatic heterocycles. The zero-order valence-electron chi connectivity index (χ0n) is 8.71. The van der Waals surface area contributed by atoms with E-state index >= 15 is 0 Å². The van der Waals surface area contributed by atoms with Crippen molar-refractivity contribution in [3.05, 3.63) is 0 Å². The van der Waals surface area contributed by atoms with E-state index in [1.54, 1.807) is 5.06 Å². The molecule has 0 aromatic rings. The van der Waals surface area contributed by atoms with Crippen LogP contribution in [0.15, 0.2) is 0 Å². The highest BCUT2D eigenvalue weighted by Crippen LogP contribution is 2.28. The number of carbonyl (C=O) groups is 1. The van der Waals surface area contributed by atoms with E-state index in [0.29, 0.717) is 6.61 Å². The lowest BCUT2D eigenvalue weighted by molar-refractivity contribution is -0.205. The highest BCUT2D eigenvalue weighted by atomic mass is 16.7. The van der Waals surface area contributed by atoms with Crippen LogP contribution in [0.2, 0.25) is 0 Å². The average Bonchev–Trinajstić information content (AvgIpc) is 2.67. The third kappa shape index (κ3) is 1.77. The van der Waals surface area contributed by atoms with Gasteiger partial charge in [-0.25, -0.2) is 5.06 Å². The summed E-state index contributed by atoms with van der Waals surface area (Å²) in [6.45, 7) is 5.19. The van der Waals surface area contributed by atoms with Gasteiger partial charge in [-0.1, -0.05) is 0 Å². The summed E-state index contributed by atoms with van der Waals surface area (Å²) in [6.07, 6.45) is 3.06. The molecule has 4 nitrogen and oxygen atoms in total. The van der Waals surface area contributed by atoms with Gasteiger partial charge in [0.25, 0.3) is 5.91 Å². The first kappa shape index (κ1) is 9.93. The minimum Gasteiger partial charge on any atom is -0.316 e. The summed E-state index contributed by atoms with van der Waals surface area (Å²) in [5, 5.41) is 4.80. The summed E-state index contributed by atoms with van der Waals surface area (Å²) >= 11 is 0. The molecular weight excluding hydrogens is 180 g/mol. The molecule has 0 saturated carbocycles. The Bertz CT molecular complexity index is 218. The lowest BCUT2D eigenvalue weighted by atomic mass is 9.88. The molecule has 1 N–H and O–H groups in total. The zero-order valence-corrected chi connectivity index (χ0v) is 8.71. The van der Waals surface area contributed by atoms with Gasteiger partial charge in [-0.2, -0.15) is 0 Å². The predicted molar refractivity (Wildman–Crippen MR) is 52.5 cm³/mol. The molecule has 1 amide bonds. The van der Waals surface area contributed by atoms with Crippen LogP contribution in [-0.4, -0.2) is 37.2 Å². The van der Waals surface area contributed by atoms with Crippen molar-refractivity contribution in [3.63, 3.8) is 0 Å². The first-order chi connectivity index (χ1) is 6.72. The van der Waals surface area contributed by atoms with Gasteiger partial charge in [-0.15, -0.1) is 0 Å². The van der Waals surface area contributed by atoms with Gasteiger partial charge in [-0.3, -0.25) is 9.63 Å². The number of hydrogen-bond donors (Lipinski definition) is 1. The highest BCUT2D eigenvalue weighted by molar-refractivity contribution is 5.82. The third-order valence-corrected chi connectivity index (χ3v) is 3.11.